The maximum atomic E-state index is 4.23. The fourth-order valence-corrected chi connectivity index (χ4v) is 1.81. The first kappa shape index (κ1) is 12.7. The maximum Gasteiger partial charge on any atom is 0.0914 e. The highest BCUT2D eigenvalue weighted by Crippen LogP contribution is 2.20. The Bertz CT molecular complexity index is 470. The van der Waals surface area contributed by atoms with E-state index in [9.17, 15) is 0 Å². The lowest BCUT2D eigenvalue weighted by Crippen LogP contribution is -2.52. The summed E-state index contributed by atoms with van der Waals surface area (Å²) in [7, 11) is 3.87. The van der Waals surface area contributed by atoms with Crippen LogP contribution in [0.15, 0.2) is 64.5 Å². The first-order chi connectivity index (χ1) is 8.78. The summed E-state index contributed by atoms with van der Waals surface area (Å²) in [5.74, 6) is 0. The number of rotatable bonds is 4. The first-order valence-electron chi connectivity index (χ1n) is 6.02. The molecule has 0 aromatic heterocycles. The molecule has 0 saturated heterocycles. The van der Waals surface area contributed by atoms with E-state index in [0.29, 0.717) is 0 Å². The molecule has 94 valence electrons. The van der Waals surface area contributed by atoms with Crippen molar-refractivity contribution in [3.63, 3.8) is 0 Å². The number of likely N-dealkylation sites (N-methyl/N-ethyl adjacent to an activating group) is 2. The van der Waals surface area contributed by atoms with Crippen LogP contribution >= 0.6 is 0 Å². The van der Waals surface area contributed by atoms with E-state index in [1.165, 1.54) is 0 Å². The highest BCUT2D eigenvalue weighted by Gasteiger charge is 2.23. The number of allylic oxidation sites excluding steroid dienone is 1. The molecule has 4 heteroatoms. The molecular weight excluding hydrogens is 224 g/mol. The second-order valence-electron chi connectivity index (χ2n) is 4.17. The molecular formula is C14H18N4. The SMILES string of the molecule is CNC1(NC)C=CC(N=Nc2ccccc2)=CC1. The summed E-state index contributed by atoms with van der Waals surface area (Å²) in [6.45, 7) is 0. The van der Waals surface area contributed by atoms with E-state index in [2.05, 4.69) is 33.0 Å². The number of hydrogen-bond acceptors (Lipinski definition) is 4. The average molecular weight is 242 g/mol. The van der Waals surface area contributed by atoms with Crippen molar-refractivity contribution >= 4 is 5.69 Å². The van der Waals surface area contributed by atoms with Gasteiger partial charge in [-0.05, 0) is 38.4 Å². The second kappa shape index (κ2) is 5.71. The largest absolute Gasteiger partial charge is 0.299 e. The third-order valence-corrected chi connectivity index (χ3v) is 3.10. The van der Waals surface area contributed by atoms with Gasteiger partial charge in [-0.3, -0.25) is 10.6 Å². The van der Waals surface area contributed by atoms with Crippen LogP contribution in [0.2, 0.25) is 0 Å². The third kappa shape index (κ3) is 2.91. The smallest absolute Gasteiger partial charge is 0.0914 e. The topological polar surface area (TPSA) is 48.8 Å². The van der Waals surface area contributed by atoms with Gasteiger partial charge in [0.05, 0.1) is 17.0 Å². The van der Waals surface area contributed by atoms with Gasteiger partial charge in [-0.2, -0.15) is 10.2 Å². The van der Waals surface area contributed by atoms with Crippen LogP contribution in [-0.2, 0) is 0 Å². The number of hydrogen-bond donors (Lipinski definition) is 2. The fraction of sp³-hybridized carbons (Fsp3) is 0.286. The highest BCUT2D eigenvalue weighted by molar-refractivity contribution is 5.36. The summed E-state index contributed by atoms with van der Waals surface area (Å²) >= 11 is 0. The molecule has 1 aliphatic carbocycles. The molecule has 1 aromatic carbocycles. The van der Waals surface area contributed by atoms with Crippen LogP contribution < -0.4 is 10.6 Å². The van der Waals surface area contributed by atoms with Crippen molar-refractivity contribution in [1.29, 1.82) is 0 Å². The van der Waals surface area contributed by atoms with E-state index in [1.807, 2.05) is 50.5 Å². The molecule has 2 N–H and O–H groups in total. The van der Waals surface area contributed by atoms with Gasteiger partial charge in [-0.25, -0.2) is 0 Å². The summed E-state index contributed by atoms with van der Waals surface area (Å²) in [6.07, 6.45) is 6.97. The van der Waals surface area contributed by atoms with Gasteiger partial charge < -0.3 is 0 Å². The Labute approximate surface area is 108 Å². The number of benzene rings is 1. The van der Waals surface area contributed by atoms with Gasteiger partial charge in [0, 0.05) is 6.42 Å². The van der Waals surface area contributed by atoms with Gasteiger partial charge in [-0.1, -0.05) is 24.3 Å². The molecule has 0 saturated carbocycles. The van der Waals surface area contributed by atoms with Crippen LogP contribution in [0.25, 0.3) is 0 Å². The monoisotopic (exact) mass is 242 g/mol. The Morgan fingerprint density at radius 3 is 2.33 bits per heavy atom. The van der Waals surface area contributed by atoms with Crippen molar-refractivity contribution in [2.45, 2.75) is 12.1 Å². The van der Waals surface area contributed by atoms with Crippen molar-refractivity contribution < 1.29 is 0 Å². The molecule has 4 nitrogen and oxygen atoms in total. The van der Waals surface area contributed by atoms with Crippen molar-refractivity contribution in [3.05, 3.63) is 54.3 Å². The zero-order chi connectivity index (χ0) is 12.8. The highest BCUT2D eigenvalue weighted by atomic mass is 15.2. The molecule has 2 rings (SSSR count). The van der Waals surface area contributed by atoms with Gasteiger partial charge in [0.1, 0.15) is 0 Å². The standard InChI is InChI=1S/C14H18N4/c1-15-14(16-2)10-8-13(9-11-14)18-17-12-6-4-3-5-7-12/h3-10,15-16H,11H2,1-2H3. The third-order valence-electron chi connectivity index (χ3n) is 3.10. The minimum absolute atomic E-state index is 0.161. The van der Waals surface area contributed by atoms with Crippen LogP contribution in [0.1, 0.15) is 6.42 Å². The Balaban J connectivity index is 2.04. The minimum Gasteiger partial charge on any atom is -0.299 e. The van der Waals surface area contributed by atoms with Crippen LogP contribution in [0.5, 0.6) is 0 Å². The molecule has 0 bridgehead atoms. The first-order valence-corrected chi connectivity index (χ1v) is 6.02. The molecule has 0 radical (unpaired) electrons. The Kier molecular flexibility index (Phi) is 4.02. The molecule has 0 spiro atoms. The van der Waals surface area contributed by atoms with Crippen molar-refractivity contribution in [2.75, 3.05) is 14.1 Å². The zero-order valence-electron chi connectivity index (χ0n) is 10.7. The Morgan fingerprint density at radius 2 is 1.78 bits per heavy atom. The number of nitrogens with one attached hydrogen (secondary N) is 2. The van der Waals surface area contributed by atoms with Gasteiger partial charge in [-0.15, -0.1) is 0 Å². The molecule has 0 atom stereocenters. The Morgan fingerprint density at radius 1 is 1.06 bits per heavy atom. The zero-order valence-corrected chi connectivity index (χ0v) is 10.7. The summed E-state index contributed by atoms with van der Waals surface area (Å²) < 4.78 is 0. The molecule has 0 aliphatic heterocycles. The fourth-order valence-electron chi connectivity index (χ4n) is 1.81. The normalized spacial score (nSPS) is 18.0. The molecule has 1 aromatic rings. The molecule has 0 heterocycles. The van der Waals surface area contributed by atoms with Gasteiger partial charge in [0.15, 0.2) is 0 Å². The van der Waals surface area contributed by atoms with Crippen LogP contribution in [0.4, 0.5) is 5.69 Å². The van der Waals surface area contributed by atoms with Crippen molar-refractivity contribution in [2.24, 2.45) is 10.2 Å². The van der Waals surface area contributed by atoms with E-state index in [4.69, 9.17) is 0 Å². The lowest BCUT2D eigenvalue weighted by Gasteiger charge is -2.30. The van der Waals surface area contributed by atoms with Crippen LogP contribution in [0, 0.1) is 0 Å². The molecule has 0 unspecified atom stereocenters. The van der Waals surface area contributed by atoms with Crippen LogP contribution in [-0.4, -0.2) is 19.8 Å². The lowest BCUT2D eigenvalue weighted by atomic mass is 10.00. The van der Waals surface area contributed by atoms with Crippen LogP contribution in [0.3, 0.4) is 0 Å². The van der Waals surface area contributed by atoms with Crippen molar-refractivity contribution in [1.82, 2.24) is 10.6 Å². The predicted molar refractivity (Wildman–Crippen MR) is 73.6 cm³/mol. The number of azo groups is 1. The molecule has 18 heavy (non-hydrogen) atoms. The van der Waals surface area contributed by atoms with E-state index in [1.54, 1.807) is 0 Å². The van der Waals surface area contributed by atoms with Gasteiger partial charge in [0.2, 0.25) is 0 Å². The molecule has 0 fully saturated rings. The summed E-state index contributed by atoms with van der Waals surface area (Å²) in [5, 5.41) is 14.9. The predicted octanol–water partition coefficient (Wildman–Crippen LogP) is 2.75. The molecule has 1 aliphatic rings. The maximum absolute atomic E-state index is 4.23. The lowest BCUT2D eigenvalue weighted by molar-refractivity contribution is 0.375. The van der Waals surface area contributed by atoms with Gasteiger partial charge >= 0.3 is 0 Å². The average Bonchev–Trinajstić information content (AvgIpc) is 2.47. The minimum atomic E-state index is -0.161. The van der Waals surface area contributed by atoms with E-state index in [-0.39, 0.29) is 5.66 Å². The van der Waals surface area contributed by atoms with Gasteiger partial charge in [0.25, 0.3) is 0 Å². The summed E-state index contributed by atoms with van der Waals surface area (Å²) in [5.41, 5.74) is 1.59. The summed E-state index contributed by atoms with van der Waals surface area (Å²) in [6, 6.07) is 9.73. The number of nitrogens with zero attached hydrogens (tertiary/aromatic N) is 2. The van der Waals surface area contributed by atoms with E-state index < -0.39 is 0 Å². The van der Waals surface area contributed by atoms with E-state index in [0.717, 1.165) is 17.8 Å². The second-order valence-corrected chi connectivity index (χ2v) is 4.17. The molecule has 0 amide bonds. The summed E-state index contributed by atoms with van der Waals surface area (Å²) in [4.78, 5) is 0. The van der Waals surface area contributed by atoms with Crippen molar-refractivity contribution in [3.8, 4) is 0 Å². The van der Waals surface area contributed by atoms with E-state index >= 15 is 0 Å². The Hall–Kier alpha value is -1.78. The quantitative estimate of drug-likeness (QED) is 0.630.